The van der Waals surface area contributed by atoms with Crippen LogP contribution in [0.3, 0.4) is 0 Å². The molecule has 0 radical (unpaired) electrons. The molecule has 25 heavy (non-hydrogen) atoms. The van der Waals surface area contributed by atoms with Gasteiger partial charge in [0.05, 0.1) is 24.9 Å². The number of para-hydroxylation sites is 2. The number of benzene rings is 2. The zero-order valence-corrected chi connectivity index (χ0v) is 14.0. The number of carbonyl (C=O) groups is 2. The number of fused-ring (bicyclic) bond motifs is 1. The lowest BCUT2D eigenvalue weighted by atomic mass is 10.1. The van der Waals surface area contributed by atoms with Crippen molar-refractivity contribution in [2.75, 3.05) is 24.3 Å². The molecule has 0 fully saturated rings. The second-order valence-electron chi connectivity index (χ2n) is 5.88. The highest BCUT2D eigenvalue weighted by Crippen LogP contribution is 2.26. The molecule has 0 aromatic heterocycles. The molecule has 130 valence electrons. The van der Waals surface area contributed by atoms with Gasteiger partial charge in [0.25, 0.3) is 0 Å². The summed E-state index contributed by atoms with van der Waals surface area (Å²) in [5, 5.41) is 8.79. The number of carbonyl (C=O) groups excluding carboxylic acids is 2. The Morgan fingerprint density at radius 3 is 2.56 bits per heavy atom. The number of hydrogen-bond donors (Lipinski definition) is 3. The molecule has 6 nitrogen and oxygen atoms in total. The van der Waals surface area contributed by atoms with E-state index < -0.39 is 6.04 Å². The van der Waals surface area contributed by atoms with Gasteiger partial charge in [-0.15, -0.1) is 0 Å². The molecule has 3 rings (SSSR count). The highest BCUT2D eigenvalue weighted by atomic mass is 16.5. The second kappa shape index (κ2) is 7.70. The Hall–Kier alpha value is -3.02. The highest BCUT2D eigenvalue weighted by Gasteiger charge is 2.27. The summed E-state index contributed by atoms with van der Waals surface area (Å²) in [4.78, 5) is 24.2. The van der Waals surface area contributed by atoms with Crippen LogP contribution in [-0.4, -0.2) is 31.5 Å². The molecule has 2 amide bonds. The Bertz CT molecular complexity index is 759. The van der Waals surface area contributed by atoms with Crippen molar-refractivity contribution in [1.82, 2.24) is 5.32 Å². The predicted octanol–water partition coefficient (Wildman–Crippen LogP) is 2.18. The van der Waals surface area contributed by atoms with E-state index in [0.717, 1.165) is 29.1 Å². The van der Waals surface area contributed by atoms with Crippen LogP contribution in [0.2, 0.25) is 0 Å². The normalized spacial score (nSPS) is 15.6. The maximum Gasteiger partial charge on any atom is 0.247 e. The third kappa shape index (κ3) is 4.29. The minimum absolute atomic E-state index is 0.1000. The monoisotopic (exact) mass is 339 g/mol. The lowest BCUT2D eigenvalue weighted by molar-refractivity contribution is -0.124. The predicted molar refractivity (Wildman–Crippen MR) is 96.8 cm³/mol. The van der Waals surface area contributed by atoms with Gasteiger partial charge in [-0.1, -0.05) is 24.3 Å². The van der Waals surface area contributed by atoms with E-state index in [-0.39, 0.29) is 18.2 Å². The summed E-state index contributed by atoms with van der Waals surface area (Å²) in [6.45, 7) is 0.524. The summed E-state index contributed by atoms with van der Waals surface area (Å²) in [7, 11) is 1.63. The number of rotatable bonds is 6. The van der Waals surface area contributed by atoms with E-state index in [1.54, 1.807) is 7.11 Å². The average Bonchev–Trinajstić information content (AvgIpc) is 2.63. The van der Waals surface area contributed by atoms with Crippen LogP contribution < -0.4 is 20.7 Å². The molecule has 1 atom stereocenters. The maximum atomic E-state index is 12.1. The zero-order chi connectivity index (χ0) is 17.6. The van der Waals surface area contributed by atoms with Crippen molar-refractivity contribution in [1.29, 1.82) is 0 Å². The molecular formula is C19H21N3O3. The van der Waals surface area contributed by atoms with Crippen LogP contribution >= 0.6 is 0 Å². The van der Waals surface area contributed by atoms with Gasteiger partial charge in [-0.2, -0.15) is 0 Å². The van der Waals surface area contributed by atoms with Crippen LogP contribution in [0.15, 0.2) is 48.5 Å². The van der Waals surface area contributed by atoms with Crippen molar-refractivity contribution in [2.24, 2.45) is 0 Å². The molecule has 1 aliphatic rings. The van der Waals surface area contributed by atoms with Crippen molar-refractivity contribution in [3.05, 3.63) is 54.1 Å². The zero-order valence-electron chi connectivity index (χ0n) is 14.0. The quantitative estimate of drug-likeness (QED) is 0.754. The van der Waals surface area contributed by atoms with Gasteiger partial charge in [-0.05, 0) is 36.2 Å². The molecule has 2 aromatic rings. The Labute approximate surface area is 146 Å². The average molecular weight is 339 g/mol. The largest absolute Gasteiger partial charge is 0.497 e. The first-order chi connectivity index (χ1) is 12.2. The third-order valence-corrected chi connectivity index (χ3v) is 4.12. The molecule has 0 aliphatic carbocycles. The van der Waals surface area contributed by atoms with E-state index >= 15 is 0 Å². The van der Waals surface area contributed by atoms with Gasteiger partial charge in [0, 0.05) is 6.54 Å². The summed E-state index contributed by atoms with van der Waals surface area (Å²) in [6.07, 6.45) is 0.825. The minimum atomic E-state index is -0.559. The van der Waals surface area contributed by atoms with Gasteiger partial charge in [0.1, 0.15) is 11.8 Å². The number of amides is 2. The first-order valence-corrected chi connectivity index (χ1v) is 8.22. The molecule has 0 saturated carbocycles. The van der Waals surface area contributed by atoms with Gasteiger partial charge in [-0.25, -0.2) is 0 Å². The lowest BCUT2D eigenvalue weighted by Crippen LogP contribution is -2.42. The maximum absolute atomic E-state index is 12.1. The van der Waals surface area contributed by atoms with Crippen LogP contribution in [-0.2, 0) is 16.0 Å². The number of anilines is 2. The summed E-state index contributed by atoms with van der Waals surface area (Å²) in [5.41, 5.74) is 2.69. The Morgan fingerprint density at radius 2 is 1.84 bits per heavy atom. The molecule has 0 spiro atoms. The summed E-state index contributed by atoms with van der Waals surface area (Å²) in [5.74, 6) is 0.465. The number of nitrogens with one attached hydrogen (secondary N) is 3. The van der Waals surface area contributed by atoms with Gasteiger partial charge in [0.2, 0.25) is 11.8 Å². The molecule has 6 heteroatoms. The fourth-order valence-corrected chi connectivity index (χ4v) is 2.73. The fraction of sp³-hybridized carbons (Fsp3) is 0.263. The van der Waals surface area contributed by atoms with Crippen LogP contribution in [0.1, 0.15) is 12.0 Å². The molecule has 1 heterocycles. The highest BCUT2D eigenvalue weighted by molar-refractivity contribution is 6.04. The van der Waals surface area contributed by atoms with E-state index in [0.29, 0.717) is 6.54 Å². The van der Waals surface area contributed by atoms with E-state index in [2.05, 4.69) is 16.0 Å². The van der Waals surface area contributed by atoms with Crippen LogP contribution in [0.25, 0.3) is 0 Å². The Kier molecular flexibility index (Phi) is 5.18. The lowest BCUT2D eigenvalue weighted by Gasteiger charge is -2.26. The molecule has 1 aliphatic heterocycles. The third-order valence-electron chi connectivity index (χ3n) is 4.12. The van der Waals surface area contributed by atoms with Crippen molar-refractivity contribution in [3.63, 3.8) is 0 Å². The molecule has 0 unspecified atom stereocenters. The van der Waals surface area contributed by atoms with Gasteiger partial charge < -0.3 is 20.7 Å². The Balaban J connectivity index is 1.47. The minimum Gasteiger partial charge on any atom is -0.497 e. The number of hydrogen-bond acceptors (Lipinski definition) is 4. The molecular weight excluding hydrogens is 318 g/mol. The Morgan fingerprint density at radius 1 is 1.12 bits per heavy atom. The topological polar surface area (TPSA) is 79.5 Å². The summed E-state index contributed by atoms with van der Waals surface area (Å²) in [6, 6.07) is 14.6. The molecule has 0 bridgehead atoms. The van der Waals surface area contributed by atoms with E-state index in [9.17, 15) is 9.59 Å². The number of ether oxygens (including phenoxy) is 1. The van der Waals surface area contributed by atoms with E-state index in [1.165, 1.54) is 0 Å². The van der Waals surface area contributed by atoms with Crippen LogP contribution in [0.5, 0.6) is 5.75 Å². The fourth-order valence-electron chi connectivity index (χ4n) is 2.73. The van der Waals surface area contributed by atoms with Crippen molar-refractivity contribution < 1.29 is 14.3 Å². The molecule has 3 N–H and O–H groups in total. The first kappa shape index (κ1) is 16.8. The number of methoxy groups -OCH3 is 1. The first-order valence-electron chi connectivity index (χ1n) is 8.22. The van der Waals surface area contributed by atoms with Gasteiger partial charge >= 0.3 is 0 Å². The van der Waals surface area contributed by atoms with E-state index in [4.69, 9.17) is 4.74 Å². The molecule has 2 aromatic carbocycles. The van der Waals surface area contributed by atoms with Gasteiger partial charge in [-0.3, -0.25) is 9.59 Å². The summed E-state index contributed by atoms with van der Waals surface area (Å²) >= 11 is 0. The second-order valence-corrected chi connectivity index (χ2v) is 5.88. The van der Waals surface area contributed by atoms with Crippen LogP contribution in [0.4, 0.5) is 11.4 Å². The van der Waals surface area contributed by atoms with Crippen LogP contribution in [0, 0.1) is 0 Å². The smallest absolute Gasteiger partial charge is 0.247 e. The SMILES string of the molecule is COc1ccc(CCNC(=O)C[C@H]2Nc3ccccc3NC2=O)cc1. The van der Waals surface area contributed by atoms with Crippen molar-refractivity contribution >= 4 is 23.2 Å². The van der Waals surface area contributed by atoms with Gasteiger partial charge in [0.15, 0.2) is 0 Å². The van der Waals surface area contributed by atoms with E-state index in [1.807, 2.05) is 48.5 Å². The van der Waals surface area contributed by atoms with Crippen molar-refractivity contribution in [2.45, 2.75) is 18.9 Å². The standard InChI is InChI=1S/C19H21N3O3/c1-25-14-8-6-13(7-9-14)10-11-20-18(23)12-17-19(24)22-16-5-3-2-4-15(16)21-17/h2-9,17,21H,10-12H2,1H3,(H,20,23)(H,22,24)/t17-/m1/s1. The summed E-state index contributed by atoms with van der Waals surface area (Å²) < 4.78 is 5.12. The van der Waals surface area contributed by atoms with Crippen molar-refractivity contribution in [3.8, 4) is 5.75 Å². The molecule has 0 saturated heterocycles.